The molecule has 0 saturated carbocycles. The molecule has 4 N–H and O–H groups in total. The van der Waals surface area contributed by atoms with Crippen LogP contribution in [0.2, 0.25) is 0 Å². The number of nitrogen functional groups attached to an aromatic ring is 1. The van der Waals surface area contributed by atoms with Crippen LogP contribution in [0.4, 0.5) is 5.69 Å². The van der Waals surface area contributed by atoms with Gasteiger partial charge in [0, 0.05) is 23.3 Å². The number of carbonyl (C=O) groups excluding carboxylic acids is 1. The summed E-state index contributed by atoms with van der Waals surface area (Å²) in [6, 6.07) is 8.56. The smallest absolute Gasteiger partial charge is 0.342 e. The van der Waals surface area contributed by atoms with Gasteiger partial charge in [0.05, 0.1) is 6.20 Å². The number of ether oxygens (including phenoxy) is 2. The molecule has 0 spiro atoms. The second-order valence-corrected chi connectivity index (χ2v) is 7.40. The van der Waals surface area contributed by atoms with Crippen LogP contribution in [-0.2, 0) is 4.74 Å². The van der Waals surface area contributed by atoms with E-state index in [0.29, 0.717) is 22.7 Å². The Morgan fingerprint density at radius 2 is 1.90 bits per heavy atom. The fraction of sp³-hybridized carbons (Fsp3) is 0.364. The number of esters is 1. The maximum atomic E-state index is 12.4. The van der Waals surface area contributed by atoms with Crippen molar-refractivity contribution in [3.05, 3.63) is 48.3 Å². The van der Waals surface area contributed by atoms with E-state index in [1.54, 1.807) is 30.6 Å². The van der Waals surface area contributed by atoms with Gasteiger partial charge >= 0.3 is 5.97 Å². The molecule has 0 aliphatic rings. The van der Waals surface area contributed by atoms with Crippen molar-refractivity contribution in [2.45, 2.75) is 40.2 Å². The number of hydrogen-bond acceptors (Lipinski definition) is 6. The highest BCUT2D eigenvalue weighted by molar-refractivity contribution is 5.93. The fourth-order valence-corrected chi connectivity index (χ4v) is 2.48. The molecule has 0 bridgehead atoms. The lowest BCUT2D eigenvalue weighted by Crippen LogP contribution is -2.24. The quantitative estimate of drug-likeness (QED) is 0.432. The molecule has 7 heteroatoms. The van der Waals surface area contributed by atoms with Crippen LogP contribution in [0.25, 0.3) is 11.0 Å². The molecule has 29 heavy (non-hydrogen) atoms. The van der Waals surface area contributed by atoms with Gasteiger partial charge in [-0.25, -0.2) is 9.78 Å². The Kier molecular flexibility index (Phi) is 7.61. The number of benzene rings is 1. The lowest BCUT2D eigenvalue weighted by atomic mass is 10.1. The summed E-state index contributed by atoms with van der Waals surface area (Å²) >= 11 is 0. The molecule has 1 aromatic carbocycles. The van der Waals surface area contributed by atoms with E-state index in [0.717, 1.165) is 24.1 Å². The minimum absolute atomic E-state index is 0.313. The van der Waals surface area contributed by atoms with E-state index < -0.39 is 11.6 Å². The van der Waals surface area contributed by atoms with Crippen molar-refractivity contribution in [1.29, 1.82) is 0 Å². The Hall–Kier alpha value is -3.06. The van der Waals surface area contributed by atoms with E-state index in [4.69, 9.17) is 15.2 Å². The minimum atomic E-state index is -0.596. The van der Waals surface area contributed by atoms with Gasteiger partial charge in [-0.3, -0.25) is 0 Å². The van der Waals surface area contributed by atoms with Crippen LogP contribution in [-0.4, -0.2) is 34.6 Å². The molecule has 3 aromatic rings. The molecule has 0 amide bonds. The van der Waals surface area contributed by atoms with Crippen LogP contribution in [0.15, 0.2) is 42.7 Å². The summed E-state index contributed by atoms with van der Waals surface area (Å²) in [6.07, 6.45) is 3.38. The van der Waals surface area contributed by atoms with Gasteiger partial charge in [0.1, 0.15) is 28.3 Å². The largest absolute Gasteiger partial charge is 0.456 e. The fourth-order valence-electron chi connectivity index (χ4n) is 2.48. The van der Waals surface area contributed by atoms with Crippen LogP contribution >= 0.6 is 0 Å². The first-order valence-electron chi connectivity index (χ1n) is 9.68. The Balaban J connectivity index is 0.000000537. The number of rotatable bonds is 5. The van der Waals surface area contributed by atoms with Gasteiger partial charge in [-0.2, -0.15) is 0 Å². The first-order valence-corrected chi connectivity index (χ1v) is 9.68. The first kappa shape index (κ1) is 22.2. The number of nitrogens with two attached hydrogens (primary N) is 1. The van der Waals surface area contributed by atoms with Gasteiger partial charge in [0.25, 0.3) is 0 Å². The molecular weight excluding hydrogens is 368 g/mol. The van der Waals surface area contributed by atoms with Crippen LogP contribution in [0.5, 0.6) is 11.5 Å². The topological polar surface area (TPSA) is 102 Å². The lowest BCUT2D eigenvalue weighted by molar-refractivity contribution is 0.00672. The highest BCUT2D eigenvalue weighted by atomic mass is 16.6. The highest BCUT2D eigenvalue weighted by Crippen LogP contribution is 2.30. The van der Waals surface area contributed by atoms with Gasteiger partial charge in [-0.1, -0.05) is 13.8 Å². The van der Waals surface area contributed by atoms with E-state index in [1.165, 1.54) is 0 Å². The van der Waals surface area contributed by atoms with Crippen molar-refractivity contribution in [3.63, 3.8) is 0 Å². The van der Waals surface area contributed by atoms with Crippen LogP contribution in [0, 0.1) is 0 Å². The molecule has 0 unspecified atom stereocenters. The van der Waals surface area contributed by atoms with Gasteiger partial charge in [0.2, 0.25) is 0 Å². The van der Waals surface area contributed by atoms with Gasteiger partial charge < -0.3 is 25.5 Å². The minimum Gasteiger partial charge on any atom is -0.456 e. The van der Waals surface area contributed by atoms with Crippen LogP contribution in [0.3, 0.4) is 0 Å². The molecule has 156 valence electrons. The van der Waals surface area contributed by atoms with Crippen molar-refractivity contribution in [2.75, 3.05) is 18.8 Å². The zero-order chi connectivity index (χ0) is 21.4. The number of nitrogens with zero attached hydrogens (tertiary/aromatic N) is 1. The number of carbonyl (C=O) groups is 1. The zero-order valence-corrected chi connectivity index (χ0v) is 17.7. The molecule has 0 aliphatic heterocycles. The zero-order valence-electron chi connectivity index (χ0n) is 17.7. The summed E-state index contributed by atoms with van der Waals surface area (Å²) in [5.41, 5.74) is 6.81. The molecule has 7 nitrogen and oxygen atoms in total. The molecule has 0 radical (unpaired) electrons. The van der Waals surface area contributed by atoms with Crippen LogP contribution < -0.4 is 15.8 Å². The molecule has 0 atom stereocenters. The molecule has 0 aliphatic carbocycles. The summed E-state index contributed by atoms with van der Waals surface area (Å²) in [5.74, 6) is 0.381. The maximum Gasteiger partial charge on any atom is 0.342 e. The van der Waals surface area contributed by atoms with Crippen molar-refractivity contribution in [3.8, 4) is 11.5 Å². The number of pyridine rings is 1. The second-order valence-electron chi connectivity index (χ2n) is 7.40. The number of H-pyrrole nitrogens is 1. The van der Waals surface area contributed by atoms with E-state index in [2.05, 4.69) is 29.1 Å². The highest BCUT2D eigenvalue weighted by Gasteiger charge is 2.21. The monoisotopic (exact) mass is 398 g/mol. The summed E-state index contributed by atoms with van der Waals surface area (Å²) in [5, 5.41) is 4.02. The summed E-state index contributed by atoms with van der Waals surface area (Å²) in [4.78, 5) is 19.7. The van der Waals surface area contributed by atoms with E-state index in [1.807, 2.05) is 32.9 Å². The van der Waals surface area contributed by atoms with E-state index in [-0.39, 0.29) is 0 Å². The van der Waals surface area contributed by atoms with Crippen molar-refractivity contribution < 1.29 is 14.3 Å². The standard InChI is InChI=1S/C18H19N3O3.C4H11N/c1-18(2,3)24-17(22)14-5-4-12(19)9-15(14)23-13-8-11-6-7-20-16(11)21-10-13;1-3-5-4-2/h4-10H,19H2,1-3H3,(H,20,21);5H,3-4H2,1-2H3. The molecule has 2 heterocycles. The molecule has 2 aromatic heterocycles. The average Bonchev–Trinajstić information content (AvgIpc) is 3.09. The molecule has 0 saturated heterocycles. The predicted molar refractivity (Wildman–Crippen MR) is 116 cm³/mol. The first-order chi connectivity index (χ1) is 13.7. The third-order valence-corrected chi connectivity index (χ3v) is 3.73. The average molecular weight is 399 g/mol. The normalized spacial score (nSPS) is 10.9. The van der Waals surface area contributed by atoms with Gasteiger partial charge in [-0.05, 0) is 58.1 Å². The Morgan fingerprint density at radius 3 is 2.52 bits per heavy atom. The number of fused-ring (bicyclic) bond motifs is 1. The Morgan fingerprint density at radius 1 is 1.17 bits per heavy atom. The van der Waals surface area contributed by atoms with E-state index >= 15 is 0 Å². The molecule has 3 rings (SSSR count). The summed E-state index contributed by atoms with van der Waals surface area (Å²) in [7, 11) is 0. The van der Waals surface area contributed by atoms with Crippen molar-refractivity contribution >= 4 is 22.7 Å². The number of nitrogens with one attached hydrogen (secondary N) is 2. The van der Waals surface area contributed by atoms with Crippen molar-refractivity contribution in [2.24, 2.45) is 0 Å². The number of aromatic nitrogens is 2. The number of hydrogen-bond donors (Lipinski definition) is 3. The van der Waals surface area contributed by atoms with Crippen LogP contribution in [0.1, 0.15) is 45.0 Å². The maximum absolute atomic E-state index is 12.4. The van der Waals surface area contributed by atoms with E-state index in [9.17, 15) is 4.79 Å². The van der Waals surface area contributed by atoms with Gasteiger partial charge in [-0.15, -0.1) is 0 Å². The summed E-state index contributed by atoms with van der Waals surface area (Å²) in [6.45, 7) is 11.8. The second kappa shape index (κ2) is 9.93. The lowest BCUT2D eigenvalue weighted by Gasteiger charge is -2.20. The molecular formula is C22H30N4O3. The third-order valence-electron chi connectivity index (χ3n) is 3.73. The SMILES string of the molecule is CC(C)(C)OC(=O)c1ccc(N)cc1Oc1cnc2[nH]ccc2c1.CCNCC. The van der Waals surface area contributed by atoms with Crippen molar-refractivity contribution in [1.82, 2.24) is 15.3 Å². The predicted octanol–water partition coefficient (Wildman–Crippen LogP) is 4.51. The Labute approximate surface area is 171 Å². The number of anilines is 1. The summed E-state index contributed by atoms with van der Waals surface area (Å²) < 4.78 is 11.3. The number of aromatic amines is 1. The van der Waals surface area contributed by atoms with Gasteiger partial charge in [0.15, 0.2) is 0 Å². The third kappa shape index (κ3) is 6.80. The Bertz CT molecular complexity index is 943. The molecule has 0 fully saturated rings.